The first-order valence-electron chi connectivity index (χ1n) is 4.93. The van der Waals surface area contributed by atoms with Crippen LogP contribution in [0.1, 0.15) is 26.7 Å². The Morgan fingerprint density at radius 1 is 1.59 bits per heavy atom. The number of carbonyl (C=O) groups is 1. The first-order valence-corrected chi connectivity index (χ1v) is 4.93. The molecule has 4 nitrogen and oxygen atoms in total. The Kier molecular flexibility index (Phi) is 8.52. The summed E-state index contributed by atoms with van der Waals surface area (Å²) in [5, 5.41) is 10.8. The van der Waals surface area contributed by atoms with Crippen LogP contribution in [0, 0.1) is 0 Å². The van der Waals surface area contributed by atoms with Gasteiger partial charge in [0.25, 0.3) is 0 Å². The van der Waals surface area contributed by atoms with Crippen molar-refractivity contribution in [1.82, 2.24) is 5.32 Å². The van der Waals surface area contributed by atoms with E-state index in [1.807, 2.05) is 5.32 Å². The first kappa shape index (κ1) is 16.8. The number of aliphatic carboxylic acids is 1. The standard InChI is InChI=1S/C11H15FNO3.Fm/c1-3-5-9(12)8(4-2)6-10(11(15)16)13-7-14;/h4-5,10H,3,6H2,1-2H3,(H,13,14)(H,15,16);/q-1;/b8-4-,9-5+;. The topological polar surface area (TPSA) is 66.4 Å². The van der Waals surface area contributed by atoms with Crippen molar-refractivity contribution in [2.45, 2.75) is 32.7 Å². The van der Waals surface area contributed by atoms with Gasteiger partial charge in [-0.05, 0) is 25.0 Å². The van der Waals surface area contributed by atoms with Crippen LogP contribution in [-0.4, -0.2) is 23.5 Å². The van der Waals surface area contributed by atoms with Gasteiger partial charge in [0.05, 0.1) is 0 Å². The molecule has 0 aromatic rings. The zero-order valence-electron chi connectivity index (χ0n) is 9.58. The summed E-state index contributed by atoms with van der Waals surface area (Å²) in [6.07, 6.45) is 4.58. The van der Waals surface area contributed by atoms with Gasteiger partial charge in [-0.25, -0.2) is 4.39 Å². The Labute approximate surface area is 93.8 Å². The molecule has 0 aliphatic carbocycles. The smallest absolute Gasteiger partial charge is 0.323 e. The van der Waals surface area contributed by atoms with Crippen molar-refractivity contribution >= 4 is 12.4 Å². The number of amides is 1. The second-order valence-corrected chi connectivity index (χ2v) is 3.12. The molecule has 0 bridgehead atoms. The summed E-state index contributed by atoms with van der Waals surface area (Å²) in [4.78, 5) is 20.8. The van der Waals surface area contributed by atoms with Crippen molar-refractivity contribution in [3.8, 4) is 0 Å². The molecule has 0 fully saturated rings. The Bertz CT molecular complexity index is 316. The average Bonchev–Trinajstić information content (AvgIpc) is 2.24. The molecule has 0 aromatic heterocycles. The van der Waals surface area contributed by atoms with E-state index >= 15 is 0 Å². The normalized spacial score (nSPS) is 13.6. The number of nitrogens with one attached hydrogen (secondary N) is 1. The van der Waals surface area contributed by atoms with E-state index in [4.69, 9.17) is 5.11 Å². The monoisotopic (exact) mass is 485 g/mol. The maximum atomic E-state index is 13.4. The molecule has 0 radical (unpaired) electrons. The van der Waals surface area contributed by atoms with Crippen LogP contribution in [0.25, 0.3) is 0 Å². The second kappa shape index (κ2) is 8.64. The van der Waals surface area contributed by atoms with Crippen LogP contribution in [0.15, 0.2) is 23.6 Å². The SMILES string of the molecule is C/C=C(CC(N[C-]=O)C(=O)O)\C(F)=C/CC.[Fm]. The van der Waals surface area contributed by atoms with Gasteiger partial charge in [-0.3, -0.25) is 4.79 Å². The van der Waals surface area contributed by atoms with E-state index < -0.39 is 17.8 Å². The van der Waals surface area contributed by atoms with Crippen LogP contribution in [-0.2, 0) is 9.59 Å². The largest absolute Gasteiger partial charge is 0.520 e. The Morgan fingerprint density at radius 2 is 2.18 bits per heavy atom. The molecule has 2 N–H and O–H groups in total. The number of carboxylic acids is 1. The summed E-state index contributed by atoms with van der Waals surface area (Å²) in [5.41, 5.74) is 0.261. The van der Waals surface area contributed by atoms with Crippen LogP contribution >= 0.6 is 0 Å². The minimum absolute atomic E-state index is 0. The van der Waals surface area contributed by atoms with E-state index in [1.54, 1.807) is 13.8 Å². The number of halogens is 1. The van der Waals surface area contributed by atoms with Gasteiger partial charge in [0.1, 0.15) is 11.9 Å². The Morgan fingerprint density at radius 3 is 2.53 bits per heavy atom. The molecule has 0 aliphatic rings. The predicted octanol–water partition coefficient (Wildman–Crippen LogP) is 1.70. The number of carbonyl (C=O) groups excluding carboxylic acids is 1. The van der Waals surface area contributed by atoms with Crippen molar-refractivity contribution in [3.63, 3.8) is 0 Å². The molecule has 6 heteroatoms. The van der Waals surface area contributed by atoms with Crippen molar-refractivity contribution in [2.75, 3.05) is 0 Å². The third-order valence-electron chi connectivity index (χ3n) is 1.99. The summed E-state index contributed by atoms with van der Waals surface area (Å²) in [6, 6.07) is -1.15. The molecule has 1 amide bonds. The fourth-order valence-corrected chi connectivity index (χ4v) is 1.15. The van der Waals surface area contributed by atoms with Gasteiger partial charge >= 0.3 is 5.97 Å². The molecular weight excluding hydrogens is 470 g/mol. The molecule has 0 saturated heterocycles. The van der Waals surface area contributed by atoms with Crippen LogP contribution in [0.3, 0.4) is 0 Å². The fourth-order valence-electron chi connectivity index (χ4n) is 1.15. The van der Waals surface area contributed by atoms with E-state index in [2.05, 4.69) is 0 Å². The third-order valence-corrected chi connectivity index (χ3v) is 1.99. The molecule has 0 spiro atoms. The van der Waals surface area contributed by atoms with Gasteiger partial charge in [0, 0.05) is 6.42 Å². The number of hydrogen-bond donors (Lipinski definition) is 2. The molecule has 0 aliphatic heterocycles. The van der Waals surface area contributed by atoms with E-state index in [0.717, 1.165) is 0 Å². The van der Waals surface area contributed by atoms with Crippen LogP contribution in [0.4, 0.5) is 4.39 Å². The van der Waals surface area contributed by atoms with Gasteiger partial charge in [0.2, 0.25) is 0 Å². The first-order chi connectivity index (χ1) is 7.56. The molecule has 0 heterocycles. The molecule has 1 atom stereocenters. The molecule has 0 saturated carbocycles. The number of allylic oxidation sites excluding steroid dienone is 3. The Hall–Kier alpha value is -2.65. The summed E-state index contributed by atoms with van der Waals surface area (Å²) >= 11 is 0. The van der Waals surface area contributed by atoms with Gasteiger partial charge in [-0.1, -0.05) is 13.0 Å². The van der Waals surface area contributed by atoms with Gasteiger partial charge < -0.3 is 15.2 Å². The number of carboxylic acid groups (broad SMARTS) is 1. The summed E-state index contributed by atoms with van der Waals surface area (Å²) in [7, 11) is 0. The fraction of sp³-hybridized carbons (Fsp3) is 0.455. The molecular formula is C11H15FFmNO3-. The zero-order valence-corrected chi connectivity index (χ0v) is 12.0. The molecule has 17 heavy (non-hydrogen) atoms. The summed E-state index contributed by atoms with van der Waals surface area (Å²) < 4.78 is 13.4. The van der Waals surface area contributed by atoms with Crippen molar-refractivity contribution < 1.29 is 19.1 Å². The number of hydrogen-bond acceptors (Lipinski definition) is 2. The van der Waals surface area contributed by atoms with E-state index in [9.17, 15) is 14.0 Å². The van der Waals surface area contributed by atoms with Gasteiger partial charge in [0.15, 0.2) is 0 Å². The average molecular weight is 485 g/mol. The summed E-state index contributed by atoms with van der Waals surface area (Å²) in [5.74, 6) is -1.67. The van der Waals surface area contributed by atoms with Crippen LogP contribution in [0.2, 0.25) is 0 Å². The minimum atomic E-state index is -1.22. The summed E-state index contributed by atoms with van der Waals surface area (Å²) in [6.45, 7) is 3.39. The second-order valence-electron chi connectivity index (χ2n) is 3.12. The van der Waals surface area contributed by atoms with Crippen LogP contribution < -0.4 is 5.32 Å². The van der Waals surface area contributed by atoms with Crippen molar-refractivity contribution in [1.29, 1.82) is 0 Å². The van der Waals surface area contributed by atoms with Crippen molar-refractivity contribution in [2.24, 2.45) is 0 Å². The Balaban J connectivity index is 0. The van der Waals surface area contributed by atoms with Gasteiger partial charge in [-0.15, -0.1) is 0 Å². The van der Waals surface area contributed by atoms with Crippen LogP contribution in [0.5, 0.6) is 0 Å². The number of rotatable bonds is 7. The molecule has 0 aromatic carbocycles. The molecule has 1 unspecified atom stereocenters. The maximum Gasteiger partial charge on any atom is 0.323 e. The van der Waals surface area contributed by atoms with E-state index in [-0.39, 0.29) is 12.0 Å². The minimum Gasteiger partial charge on any atom is -0.520 e. The maximum absolute atomic E-state index is 13.4. The van der Waals surface area contributed by atoms with E-state index in [0.29, 0.717) is 6.42 Å². The quantitative estimate of drug-likeness (QED) is 0.328. The third kappa shape index (κ3) is 5.71. The van der Waals surface area contributed by atoms with E-state index in [1.165, 1.54) is 18.6 Å². The van der Waals surface area contributed by atoms with Gasteiger partial charge in [-0.2, -0.15) is 6.41 Å². The molecule has 102 valence electrons. The molecule has 0 rings (SSSR count). The zero-order chi connectivity index (χ0) is 12.6. The van der Waals surface area contributed by atoms with Crippen molar-refractivity contribution in [3.05, 3.63) is 23.6 Å². The predicted molar refractivity (Wildman–Crippen MR) is 58.1 cm³/mol.